The van der Waals surface area contributed by atoms with Gasteiger partial charge in [-0.1, -0.05) is 26.0 Å². The lowest BCUT2D eigenvalue weighted by Crippen LogP contribution is -2.26. The molecule has 0 amide bonds. The van der Waals surface area contributed by atoms with E-state index in [9.17, 15) is 5.26 Å². The van der Waals surface area contributed by atoms with Crippen LogP contribution >= 0.6 is 0 Å². The summed E-state index contributed by atoms with van der Waals surface area (Å²) in [5.41, 5.74) is 2.00. The fourth-order valence-corrected chi connectivity index (χ4v) is 3.23. The van der Waals surface area contributed by atoms with Crippen LogP contribution < -0.4 is 4.74 Å². The van der Waals surface area contributed by atoms with E-state index in [1.165, 1.54) is 5.56 Å². The van der Waals surface area contributed by atoms with Crippen LogP contribution in [0.4, 0.5) is 0 Å². The second-order valence-electron chi connectivity index (χ2n) is 6.96. The lowest BCUT2D eigenvalue weighted by atomic mass is 9.73. The van der Waals surface area contributed by atoms with Crippen molar-refractivity contribution in [3.8, 4) is 11.8 Å². The second-order valence-corrected chi connectivity index (χ2v) is 6.96. The molecule has 1 unspecified atom stereocenters. The van der Waals surface area contributed by atoms with Gasteiger partial charge < -0.3 is 9.64 Å². The van der Waals surface area contributed by atoms with Crippen molar-refractivity contribution in [1.82, 2.24) is 4.90 Å². The molecule has 1 aliphatic heterocycles. The van der Waals surface area contributed by atoms with E-state index in [0.29, 0.717) is 12.5 Å². The standard InChI is InChI=1S/C19H28N2O/c1-15(2)16-7-8-18-17(13-16)19(14-20,10-6-12-22-18)9-5-11-21(3)4/h7-8,13,15H,5-6,9-12H2,1-4H3. The Kier molecular flexibility index (Phi) is 5.47. The number of nitriles is 1. The molecular weight excluding hydrogens is 272 g/mol. The first-order chi connectivity index (χ1) is 10.5. The average Bonchev–Trinajstić information content (AvgIpc) is 2.66. The molecule has 1 heterocycles. The Morgan fingerprint density at radius 1 is 1.36 bits per heavy atom. The summed E-state index contributed by atoms with van der Waals surface area (Å²) >= 11 is 0. The Morgan fingerprint density at radius 3 is 2.77 bits per heavy atom. The van der Waals surface area contributed by atoms with Crippen molar-refractivity contribution >= 4 is 0 Å². The predicted molar refractivity (Wildman–Crippen MR) is 90.3 cm³/mol. The molecular formula is C19H28N2O. The summed E-state index contributed by atoms with van der Waals surface area (Å²) in [6.45, 7) is 6.12. The van der Waals surface area contributed by atoms with E-state index >= 15 is 0 Å². The van der Waals surface area contributed by atoms with Gasteiger partial charge >= 0.3 is 0 Å². The minimum absolute atomic E-state index is 0.396. The molecule has 0 radical (unpaired) electrons. The molecule has 22 heavy (non-hydrogen) atoms. The minimum atomic E-state index is -0.396. The smallest absolute Gasteiger partial charge is 0.124 e. The van der Waals surface area contributed by atoms with Crippen LogP contribution in [-0.4, -0.2) is 32.1 Å². The van der Waals surface area contributed by atoms with Gasteiger partial charge in [0.2, 0.25) is 0 Å². The fraction of sp³-hybridized carbons (Fsp3) is 0.632. The van der Waals surface area contributed by atoms with Crippen molar-refractivity contribution in [3.05, 3.63) is 29.3 Å². The van der Waals surface area contributed by atoms with Gasteiger partial charge in [-0.3, -0.25) is 0 Å². The normalized spacial score (nSPS) is 21.1. The molecule has 120 valence electrons. The monoisotopic (exact) mass is 300 g/mol. The summed E-state index contributed by atoms with van der Waals surface area (Å²) in [5.74, 6) is 1.38. The van der Waals surface area contributed by atoms with E-state index in [-0.39, 0.29) is 0 Å². The predicted octanol–water partition coefficient (Wildman–Crippen LogP) is 4.09. The maximum atomic E-state index is 9.99. The third-order valence-corrected chi connectivity index (χ3v) is 4.61. The van der Waals surface area contributed by atoms with Crippen molar-refractivity contribution < 1.29 is 4.74 Å². The molecule has 1 atom stereocenters. The Balaban J connectivity index is 2.38. The Hall–Kier alpha value is -1.53. The molecule has 0 saturated carbocycles. The van der Waals surface area contributed by atoms with Crippen LogP contribution in [0, 0.1) is 11.3 Å². The lowest BCUT2D eigenvalue weighted by molar-refractivity contribution is 0.312. The summed E-state index contributed by atoms with van der Waals surface area (Å²) in [6, 6.07) is 9.07. The van der Waals surface area contributed by atoms with Crippen molar-refractivity contribution in [2.75, 3.05) is 27.2 Å². The van der Waals surface area contributed by atoms with Crippen LogP contribution in [-0.2, 0) is 5.41 Å². The molecule has 1 aliphatic rings. The van der Waals surface area contributed by atoms with Gasteiger partial charge in [0.25, 0.3) is 0 Å². The van der Waals surface area contributed by atoms with E-state index in [1.54, 1.807) is 0 Å². The van der Waals surface area contributed by atoms with E-state index in [0.717, 1.165) is 43.5 Å². The van der Waals surface area contributed by atoms with E-state index < -0.39 is 5.41 Å². The van der Waals surface area contributed by atoms with Gasteiger partial charge in [-0.15, -0.1) is 0 Å². The average molecular weight is 300 g/mol. The van der Waals surface area contributed by atoms with Crippen molar-refractivity contribution in [2.45, 2.75) is 50.9 Å². The zero-order chi connectivity index (χ0) is 16.2. The molecule has 2 rings (SSSR count). The quantitative estimate of drug-likeness (QED) is 0.822. The molecule has 0 spiro atoms. The van der Waals surface area contributed by atoms with E-state index in [1.807, 2.05) is 0 Å². The van der Waals surface area contributed by atoms with Crippen LogP contribution in [0.3, 0.4) is 0 Å². The molecule has 0 fully saturated rings. The number of rotatable bonds is 5. The highest BCUT2D eigenvalue weighted by molar-refractivity contribution is 5.47. The summed E-state index contributed by atoms with van der Waals surface area (Å²) in [5, 5.41) is 9.99. The molecule has 0 saturated heterocycles. The molecule has 0 N–H and O–H groups in total. The molecule has 0 bridgehead atoms. The van der Waals surface area contributed by atoms with Gasteiger partial charge in [-0.05, 0) is 63.9 Å². The fourth-order valence-electron chi connectivity index (χ4n) is 3.23. The highest BCUT2D eigenvalue weighted by Gasteiger charge is 2.36. The van der Waals surface area contributed by atoms with Crippen LogP contribution in [0.2, 0.25) is 0 Å². The van der Waals surface area contributed by atoms with E-state index in [4.69, 9.17) is 4.74 Å². The zero-order valence-electron chi connectivity index (χ0n) is 14.4. The zero-order valence-corrected chi connectivity index (χ0v) is 14.4. The largest absolute Gasteiger partial charge is 0.493 e. The first-order valence-electron chi connectivity index (χ1n) is 8.32. The number of nitrogens with zero attached hydrogens (tertiary/aromatic N) is 2. The highest BCUT2D eigenvalue weighted by Crippen LogP contribution is 2.42. The van der Waals surface area contributed by atoms with Crippen LogP contribution in [0.15, 0.2) is 18.2 Å². The Bertz CT molecular complexity index is 545. The van der Waals surface area contributed by atoms with Gasteiger partial charge in [-0.25, -0.2) is 0 Å². The number of hydrogen-bond acceptors (Lipinski definition) is 3. The van der Waals surface area contributed by atoms with Gasteiger partial charge in [0.1, 0.15) is 5.75 Å². The van der Waals surface area contributed by atoms with Gasteiger partial charge in [0.15, 0.2) is 0 Å². The summed E-state index contributed by atoms with van der Waals surface area (Å²) in [6.07, 6.45) is 3.78. The Morgan fingerprint density at radius 2 is 2.14 bits per heavy atom. The third kappa shape index (κ3) is 3.62. The van der Waals surface area contributed by atoms with Crippen molar-refractivity contribution in [1.29, 1.82) is 5.26 Å². The number of ether oxygens (including phenoxy) is 1. The molecule has 3 heteroatoms. The van der Waals surface area contributed by atoms with Crippen molar-refractivity contribution in [3.63, 3.8) is 0 Å². The molecule has 1 aromatic rings. The molecule has 0 aromatic heterocycles. The second kappa shape index (κ2) is 7.15. The highest BCUT2D eigenvalue weighted by atomic mass is 16.5. The van der Waals surface area contributed by atoms with E-state index in [2.05, 4.69) is 57.1 Å². The first-order valence-corrected chi connectivity index (χ1v) is 8.32. The topological polar surface area (TPSA) is 36.3 Å². The molecule has 1 aromatic carbocycles. The van der Waals surface area contributed by atoms with Crippen molar-refractivity contribution in [2.24, 2.45) is 0 Å². The minimum Gasteiger partial charge on any atom is -0.493 e. The van der Waals surface area contributed by atoms with Gasteiger partial charge in [0.05, 0.1) is 18.1 Å². The maximum absolute atomic E-state index is 9.99. The lowest BCUT2D eigenvalue weighted by Gasteiger charge is -2.28. The number of benzene rings is 1. The summed E-state index contributed by atoms with van der Waals surface area (Å²) in [7, 11) is 4.17. The number of hydrogen-bond donors (Lipinski definition) is 0. The molecule has 3 nitrogen and oxygen atoms in total. The van der Waals surface area contributed by atoms with Gasteiger partial charge in [-0.2, -0.15) is 5.26 Å². The Labute approximate surface area is 134 Å². The first kappa shape index (κ1) is 16.8. The third-order valence-electron chi connectivity index (χ3n) is 4.61. The SMILES string of the molecule is CC(C)c1ccc2c(c1)C(C#N)(CCCN(C)C)CCCO2. The van der Waals surface area contributed by atoms with Gasteiger partial charge in [0, 0.05) is 5.56 Å². The van der Waals surface area contributed by atoms with Crippen LogP contribution in [0.5, 0.6) is 5.75 Å². The molecule has 0 aliphatic carbocycles. The van der Waals surface area contributed by atoms with Crippen LogP contribution in [0.25, 0.3) is 0 Å². The van der Waals surface area contributed by atoms with Crippen LogP contribution in [0.1, 0.15) is 56.6 Å². The summed E-state index contributed by atoms with van der Waals surface area (Å²) < 4.78 is 5.91. The maximum Gasteiger partial charge on any atom is 0.124 e. The summed E-state index contributed by atoms with van der Waals surface area (Å²) in [4.78, 5) is 2.18. The number of fused-ring (bicyclic) bond motifs is 1.